The van der Waals surface area contributed by atoms with E-state index in [2.05, 4.69) is 4.52 Å². The van der Waals surface area contributed by atoms with Crippen LogP contribution in [0.15, 0.2) is 0 Å². The Morgan fingerprint density at radius 1 is 1.26 bits per heavy atom. The zero-order valence-corrected chi connectivity index (χ0v) is 12.6. The van der Waals surface area contributed by atoms with Crippen molar-refractivity contribution in [3.05, 3.63) is 0 Å². The predicted octanol–water partition coefficient (Wildman–Crippen LogP) is 0.716. The molecule has 1 saturated carbocycles. The van der Waals surface area contributed by atoms with Crippen LogP contribution in [-0.2, 0) is 23.7 Å². The SMILES string of the molecule is COCC(COP(=O)(O)O)S(=O)(=O)CC1CCCC1. The van der Waals surface area contributed by atoms with Crippen LogP contribution in [0.3, 0.4) is 0 Å². The van der Waals surface area contributed by atoms with Gasteiger partial charge in [-0.3, -0.25) is 4.52 Å². The molecule has 2 N–H and O–H groups in total. The minimum atomic E-state index is -4.67. The largest absolute Gasteiger partial charge is 0.469 e. The minimum absolute atomic E-state index is 0.0333. The van der Waals surface area contributed by atoms with E-state index in [4.69, 9.17) is 14.5 Å². The van der Waals surface area contributed by atoms with Gasteiger partial charge in [0.05, 0.1) is 19.0 Å². The smallest absolute Gasteiger partial charge is 0.383 e. The topological polar surface area (TPSA) is 110 Å². The van der Waals surface area contributed by atoms with Crippen LogP contribution in [0, 0.1) is 5.92 Å². The zero-order chi connectivity index (χ0) is 14.5. The summed E-state index contributed by atoms with van der Waals surface area (Å²) < 4.78 is 44.1. The molecule has 0 aromatic heterocycles. The second kappa shape index (κ2) is 7.15. The van der Waals surface area contributed by atoms with Gasteiger partial charge < -0.3 is 14.5 Å². The maximum atomic E-state index is 12.2. The lowest BCUT2D eigenvalue weighted by Gasteiger charge is -2.19. The molecule has 7 nitrogen and oxygen atoms in total. The van der Waals surface area contributed by atoms with Crippen molar-refractivity contribution < 1.29 is 32.0 Å². The number of methoxy groups -OCH3 is 1. The Morgan fingerprint density at radius 2 is 1.84 bits per heavy atom. The van der Waals surface area contributed by atoms with Gasteiger partial charge in [-0.2, -0.15) is 0 Å². The fraction of sp³-hybridized carbons (Fsp3) is 1.00. The second-order valence-electron chi connectivity index (χ2n) is 4.84. The summed E-state index contributed by atoms with van der Waals surface area (Å²) in [6.07, 6.45) is 3.85. The molecule has 1 unspecified atom stereocenters. The Morgan fingerprint density at radius 3 is 2.32 bits per heavy atom. The van der Waals surface area contributed by atoms with E-state index in [0.29, 0.717) is 0 Å². The third-order valence-corrected chi connectivity index (χ3v) is 5.94. The molecule has 0 aromatic rings. The lowest BCUT2D eigenvalue weighted by atomic mass is 10.1. The molecule has 19 heavy (non-hydrogen) atoms. The van der Waals surface area contributed by atoms with Gasteiger partial charge in [-0.15, -0.1) is 0 Å². The van der Waals surface area contributed by atoms with Crippen molar-refractivity contribution in [1.29, 1.82) is 0 Å². The average molecular weight is 316 g/mol. The van der Waals surface area contributed by atoms with Crippen LogP contribution in [0.4, 0.5) is 0 Å². The summed E-state index contributed by atoms with van der Waals surface area (Å²) in [6.45, 7) is -0.678. The second-order valence-corrected chi connectivity index (χ2v) is 8.41. The Kier molecular flexibility index (Phi) is 6.42. The molecule has 0 amide bonds. The van der Waals surface area contributed by atoms with Crippen molar-refractivity contribution >= 4 is 17.7 Å². The Bertz CT molecular complexity index is 410. The molecular formula is C10H21O7PS. The number of rotatable bonds is 8. The number of hydrogen-bond donors (Lipinski definition) is 2. The van der Waals surface area contributed by atoms with Crippen LogP contribution in [0.25, 0.3) is 0 Å². The van der Waals surface area contributed by atoms with E-state index in [1.807, 2.05) is 0 Å². The fourth-order valence-electron chi connectivity index (χ4n) is 2.26. The molecule has 0 bridgehead atoms. The predicted molar refractivity (Wildman–Crippen MR) is 69.4 cm³/mol. The van der Waals surface area contributed by atoms with Gasteiger partial charge in [0.1, 0.15) is 5.25 Å². The summed E-state index contributed by atoms with van der Waals surface area (Å²) in [4.78, 5) is 17.3. The molecule has 0 saturated heterocycles. The third-order valence-electron chi connectivity index (χ3n) is 3.23. The number of sulfone groups is 1. The van der Waals surface area contributed by atoms with Crippen molar-refractivity contribution in [2.75, 3.05) is 26.1 Å². The molecule has 114 valence electrons. The van der Waals surface area contributed by atoms with E-state index in [1.165, 1.54) is 7.11 Å². The van der Waals surface area contributed by atoms with Crippen LogP contribution >= 0.6 is 7.82 Å². The first-order valence-corrected chi connectivity index (χ1v) is 9.40. The van der Waals surface area contributed by atoms with Crippen molar-refractivity contribution in [3.63, 3.8) is 0 Å². The lowest BCUT2D eigenvalue weighted by Crippen LogP contribution is -2.34. The molecule has 0 radical (unpaired) electrons. The Balaban J connectivity index is 2.64. The molecule has 9 heteroatoms. The molecule has 0 aromatic carbocycles. The maximum Gasteiger partial charge on any atom is 0.469 e. The first kappa shape index (κ1) is 17.1. The van der Waals surface area contributed by atoms with Crippen LogP contribution in [-0.4, -0.2) is 49.5 Å². The van der Waals surface area contributed by atoms with Crippen LogP contribution in [0.5, 0.6) is 0 Å². The molecule has 1 atom stereocenters. The zero-order valence-electron chi connectivity index (χ0n) is 10.9. The molecule has 1 aliphatic rings. The Hall–Kier alpha value is 0.0200. The highest BCUT2D eigenvalue weighted by Crippen LogP contribution is 2.36. The van der Waals surface area contributed by atoms with Gasteiger partial charge in [0.2, 0.25) is 0 Å². The van der Waals surface area contributed by atoms with Crippen LogP contribution in [0.2, 0.25) is 0 Å². The first-order valence-electron chi connectivity index (χ1n) is 6.15. The van der Waals surface area contributed by atoms with Gasteiger partial charge >= 0.3 is 7.82 Å². The molecule has 0 aliphatic heterocycles. The van der Waals surface area contributed by atoms with Gasteiger partial charge in [-0.1, -0.05) is 12.8 Å². The highest BCUT2D eigenvalue weighted by Gasteiger charge is 2.32. The molecular weight excluding hydrogens is 295 g/mol. The minimum Gasteiger partial charge on any atom is -0.383 e. The van der Waals surface area contributed by atoms with E-state index in [1.54, 1.807) is 0 Å². The molecule has 0 spiro atoms. The number of ether oxygens (including phenoxy) is 1. The molecule has 1 fully saturated rings. The van der Waals surface area contributed by atoms with Crippen molar-refractivity contribution in [2.45, 2.75) is 30.9 Å². The number of hydrogen-bond acceptors (Lipinski definition) is 5. The summed E-state index contributed by atoms with van der Waals surface area (Å²) in [6, 6.07) is 0. The van der Waals surface area contributed by atoms with Crippen LogP contribution in [0.1, 0.15) is 25.7 Å². The van der Waals surface area contributed by atoms with Crippen molar-refractivity contribution in [2.24, 2.45) is 5.92 Å². The highest BCUT2D eigenvalue weighted by atomic mass is 32.2. The average Bonchev–Trinajstić information content (AvgIpc) is 2.74. The standard InChI is InChI=1S/C10H21O7PS/c1-16-6-10(7-17-18(11,12)13)19(14,15)8-9-4-2-3-5-9/h9-10H,2-8H2,1H3,(H2,11,12,13). The van der Waals surface area contributed by atoms with Crippen LogP contribution < -0.4 is 0 Å². The van der Waals surface area contributed by atoms with Gasteiger partial charge in [-0.25, -0.2) is 13.0 Å². The molecule has 1 rings (SSSR count). The maximum absolute atomic E-state index is 12.2. The van der Waals surface area contributed by atoms with E-state index >= 15 is 0 Å². The normalized spacial score (nSPS) is 19.7. The first-order chi connectivity index (χ1) is 8.74. The number of phosphoric ester groups is 1. The van der Waals surface area contributed by atoms with E-state index in [0.717, 1.165) is 25.7 Å². The van der Waals surface area contributed by atoms with E-state index in [9.17, 15) is 13.0 Å². The van der Waals surface area contributed by atoms with Gasteiger partial charge in [0, 0.05) is 7.11 Å². The summed E-state index contributed by atoms with van der Waals surface area (Å²) in [5.41, 5.74) is 0. The van der Waals surface area contributed by atoms with Gasteiger partial charge in [0.15, 0.2) is 9.84 Å². The van der Waals surface area contributed by atoms with E-state index < -0.39 is 29.5 Å². The molecule has 1 aliphatic carbocycles. The third kappa shape index (κ3) is 6.33. The summed E-state index contributed by atoms with van der Waals surface area (Å²) in [5, 5.41) is -1.04. The highest BCUT2D eigenvalue weighted by molar-refractivity contribution is 7.92. The summed E-state index contributed by atoms with van der Waals surface area (Å²) in [5.74, 6) is 0.172. The molecule has 0 heterocycles. The quantitative estimate of drug-likeness (QED) is 0.635. The Labute approximate surface area is 113 Å². The fourth-order valence-corrected chi connectivity index (χ4v) is 4.62. The lowest BCUT2D eigenvalue weighted by molar-refractivity contribution is 0.152. The van der Waals surface area contributed by atoms with E-state index in [-0.39, 0.29) is 18.3 Å². The van der Waals surface area contributed by atoms with Crippen molar-refractivity contribution in [3.8, 4) is 0 Å². The summed E-state index contributed by atoms with van der Waals surface area (Å²) >= 11 is 0. The van der Waals surface area contributed by atoms with Crippen molar-refractivity contribution in [1.82, 2.24) is 0 Å². The summed E-state index contributed by atoms with van der Waals surface area (Å²) in [7, 11) is -6.81. The number of phosphoric acid groups is 1. The van der Waals surface area contributed by atoms with Gasteiger partial charge in [0.25, 0.3) is 0 Å². The van der Waals surface area contributed by atoms with Gasteiger partial charge in [-0.05, 0) is 18.8 Å². The monoisotopic (exact) mass is 316 g/mol.